The minimum Gasteiger partial charge on any atom is -0.384 e. The summed E-state index contributed by atoms with van der Waals surface area (Å²) in [4.78, 5) is 0. The summed E-state index contributed by atoms with van der Waals surface area (Å²) < 4.78 is 0.917. The molecule has 0 fully saturated rings. The van der Waals surface area contributed by atoms with Gasteiger partial charge in [-0.3, -0.25) is 0 Å². The Morgan fingerprint density at radius 3 is 2.45 bits per heavy atom. The zero-order chi connectivity index (χ0) is 14.7. The summed E-state index contributed by atoms with van der Waals surface area (Å²) in [5.41, 5.74) is 4.07. The molecule has 0 heterocycles. The van der Waals surface area contributed by atoms with E-state index in [2.05, 4.69) is 48.0 Å². The lowest BCUT2D eigenvalue weighted by atomic mass is 9.93. The number of rotatable bonds is 4. The highest BCUT2D eigenvalue weighted by Crippen LogP contribution is 2.33. The second kappa shape index (κ2) is 6.75. The van der Waals surface area contributed by atoms with Crippen molar-refractivity contribution in [3.63, 3.8) is 0 Å². The first kappa shape index (κ1) is 15.6. The van der Waals surface area contributed by atoms with Crippen LogP contribution in [0.5, 0.6) is 0 Å². The highest BCUT2D eigenvalue weighted by Gasteiger charge is 2.17. The predicted molar refractivity (Wildman–Crippen MR) is 88.4 cm³/mol. The van der Waals surface area contributed by atoms with Crippen LogP contribution >= 0.6 is 27.5 Å². The monoisotopic (exact) mass is 352 g/mol. The molecule has 0 aromatic heterocycles. The molecule has 1 nitrogen and oxygen atoms in total. The molecule has 0 radical (unpaired) electrons. The van der Waals surface area contributed by atoms with E-state index in [0.717, 1.165) is 34.0 Å². The Morgan fingerprint density at radius 1 is 1.05 bits per heavy atom. The van der Waals surface area contributed by atoms with E-state index >= 15 is 0 Å². The molecule has 20 heavy (non-hydrogen) atoms. The molecule has 2 aromatic rings. The Morgan fingerprint density at radius 2 is 1.80 bits per heavy atom. The maximum atomic E-state index is 10.7. The minimum atomic E-state index is -0.693. The Labute approximate surface area is 133 Å². The lowest BCUT2D eigenvalue weighted by Gasteiger charge is -2.18. The number of halogens is 2. The van der Waals surface area contributed by atoms with Crippen LogP contribution in [0.25, 0.3) is 0 Å². The normalized spacial score (nSPS) is 12.4. The SMILES string of the molecule is CCc1ccc(CC)c(C(O)c2cc(Br)ccc2Cl)c1. The summed E-state index contributed by atoms with van der Waals surface area (Å²) in [5.74, 6) is 0. The van der Waals surface area contributed by atoms with Crippen LogP contribution in [0.15, 0.2) is 40.9 Å². The van der Waals surface area contributed by atoms with Crippen molar-refractivity contribution in [2.45, 2.75) is 32.8 Å². The number of aliphatic hydroxyl groups is 1. The number of benzene rings is 2. The van der Waals surface area contributed by atoms with E-state index in [1.807, 2.05) is 12.1 Å². The van der Waals surface area contributed by atoms with Crippen LogP contribution < -0.4 is 0 Å². The van der Waals surface area contributed by atoms with E-state index in [1.54, 1.807) is 6.07 Å². The van der Waals surface area contributed by atoms with Crippen molar-refractivity contribution in [2.24, 2.45) is 0 Å². The van der Waals surface area contributed by atoms with Gasteiger partial charge in [0.05, 0.1) is 0 Å². The molecule has 1 unspecified atom stereocenters. The first-order chi connectivity index (χ1) is 9.56. The number of hydrogen-bond donors (Lipinski definition) is 1. The molecule has 1 atom stereocenters. The van der Waals surface area contributed by atoms with E-state index in [-0.39, 0.29) is 0 Å². The molecule has 106 valence electrons. The average molecular weight is 354 g/mol. The lowest BCUT2D eigenvalue weighted by Crippen LogP contribution is -2.05. The number of aryl methyl sites for hydroxylation is 2. The van der Waals surface area contributed by atoms with Crippen molar-refractivity contribution in [3.8, 4) is 0 Å². The molecule has 0 aliphatic carbocycles. The zero-order valence-corrected chi connectivity index (χ0v) is 14.0. The molecular weight excluding hydrogens is 336 g/mol. The lowest BCUT2D eigenvalue weighted by molar-refractivity contribution is 0.219. The van der Waals surface area contributed by atoms with Gasteiger partial charge in [0.15, 0.2) is 0 Å². The van der Waals surface area contributed by atoms with Crippen molar-refractivity contribution in [2.75, 3.05) is 0 Å². The van der Waals surface area contributed by atoms with Gasteiger partial charge in [0.1, 0.15) is 6.10 Å². The van der Waals surface area contributed by atoms with Gasteiger partial charge >= 0.3 is 0 Å². The van der Waals surface area contributed by atoms with E-state index in [1.165, 1.54) is 5.56 Å². The highest BCUT2D eigenvalue weighted by molar-refractivity contribution is 9.10. The van der Waals surface area contributed by atoms with Crippen molar-refractivity contribution < 1.29 is 5.11 Å². The van der Waals surface area contributed by atoms with Crippen molar-refractivity contribution in [3.05, 3.63) is 68.1 Å². The molecule has 0 aliphatic heterocycles. The van der Waals surface area contributed by atoms with Gasteiger partial charge in [-0.25, -0.2) is 0 Å². The topological polar surface area (TPSA) is 20.2 Å². The second-order valence-corrected chi connectivity index (χ2v) is 6.13. The molecule has 2 rings (SSSR count). The fourth-order valence-electron chi connectivity index (χ4n) is 2.33. The largest absolute Gasteiger partial charge is 0.384 e. The molecule has 3 heteroatoms. The number of aliphatic hydroxyl groups excluding tert-OH is 1. The van der Waals surface area contributed by atoms with Crippen LogP contribution in [0.2, 0.25) is 5.02 Å². The van der Waals surface area contributed by atoms with Gasteiger partial charge in [-0.15, -0.1) is 0 Å². The number of hydrogen-bond acceptors (Lipinski definition) is 1. The smallest absolute Gasteiger partial charge is 0.106 e. The van der Waals surface area contributed by atoms with Gasteiger partial charge in [-0.2, -0.15) is 0 Å². The molecule has 0 saturated heterocycles. The Hall–Kier alpha value is -0.830. The van der Waals surface area contributed by atoms with E-state index in [0.29, 0.717) is 5.02 Å². The fraction of sp³-hybridized carbons (Fsp3) is 0.294. The van der Waals surface area contributed by atoms with Gasteiger partial charge in [-0.05, 0) is 47.7 Å². The van der Waals surface area contributed by atoms with Crippen molar-refractivity contribution in [1.29, 1.82) is 0 Å². The van der Waals surface area contributed by atoms with E-state index in [4.69, 9.17) is 11.6 Å². The van der Waals surface area contributed by atoms with Gasteiger partial charge < -0.3 is 5.11 Å². The first-order valence-electron chi connectivity index (χ1n) is 6.81. The fourth-order valence-corrected chi connectivity index (χ4v) is 2.93. The van der Waals surface area contributed by atoms with Gasteiger partial charge in [0.25, 0.3) is 0 Å². The summed E-state index contributed by atoms with van der Waals surface area (Å²) in [6.07, 6.45) is 1.15. The van der Waals surface area contributed by atoms with E-state index < -0.39 is 6.10 Å². The molecular formula is C17H18BrClO. The predicted octanol–water partition coefficient (Wildman–Crippen LogP) is 5.31. The minimum absolute atomic E-state index is 0.588. The summed E-state index contributed by atoms with van der Waals surface area (Å²) in [7, 11) is 0. The van der Waals surface area contributed by atoms with Crippen LogP contribution in [0.4, 0.5) is 0 Å². The van der Waals surface area contributed by atoms with Crippen LogP contribution in [-0.4, -0.2) is 5.11 Å². The van der Waals surface area contributed by atoms with Crippen molar-refractivity contribution >= 4 is 27.5 Å². The summed E-state index contributed by atoms with van der Waals surface area (Å²) >= 11 is 9.66. The third-order valence-corrected chi connectivity index (χ3v) is 4.38. The molecule has 0 spiro atoms. The van der Waals surface area contributed by atoms with Gasteiger partial charge in [0.2, 0.25) is 0 Å². The third-order valence-electron chi connectivity index (χ3n) is 3.55. The standard InChI is InChI=1S/C17H18BrClO/c1-3-11-5-6-12(4-2)14(9-11)17(20)15-10-13(18)7-8-16(15)19/h5-10,17,20H,3-4H2,1-2H3. The Bertz CT molecular complexity index is 610. The zero-order valence-electron chi connectivity index (χ0n) is 11.7. The van der Waals surface area contributed by atoms with Gasteiger partial charge in [0, 0.05) is 15.1 Å². The Kier molecular flexibility index (Phi) is 5.25. The van der Waals surface area contributed by atoms with Gasteiger partial charge in [-0.1, -0.05) is 59.6 Å². The van der Waals surface area contributed by atoms with Crippen LogP contribution in [0.3, 0.4) is 0 Å². The summed E-state index contributed by atoms with van der Waals surface area (Å²) in [6.45, 7) is 4.21. The van der Waals surface area contributed by atoms with E-state index in [9.17, 15) is 5.11 Å². The Balaban J connectivity index is 2.51. The maximum absolute atomic E-state index is 10.7. The molecule has 0 amide bonds. The summed E-state index contributed by atoms with van der Waals surface area (Å²) in [5, 5.41) is 11.3. The van der Waals surface area contributed by atoms with Crippen molar-refractivity contribution in [1.82, 2.24) is 0 Å². The molecule has 1 N–H and O–H groups in total. The van der Waals surface area contributed by atoms with Crippen LogP contribution in [0.1, 0.15) is 42.2 Å². The maximum Gasteiger partial charge on any atom is 0.106 e. The third kappa shape index (κ3) is 3.25. The second-order valence-electron chi connectivity index (χ2n) is 4.81. The molecule has 0 bridgehead atoms. The molecule has 0 aliphatic rings. The average Bonchev–Trinajstić information content (AvgIpc) is 2.48. The first-order valence-corrected chi connectivity index (χ1v) is 7.98. The van der Waals surface area contributed by atoms with Crippen LogP contribution in [0, 0.1) is 0 Å². The molecule has 2 aromatic carbocycles. The van der Waals surface area contributed by atoms with Crippen LogP contribution in [-0.2, 0) is 12.8 Å². The quantitative estimate of drug-likeness (QED) is 0.790. The highest BCUT2D eigenvalue weighted by atomic mass is 79.9. The molecule has 0 saturated carbocycles. The summed E-state index contributed by atoms with van der Waals surface area (Å²) in [6, 6.07) is 11.9.